The summed E-state index contributed by atoms with van der Waals surface area (Å²) >= 11 is 0. The first-order valence-corrected chi connectivity index (χ1v) is 4.82. The predicted molar refractivity (Wildman–Crippen MR) is 50.0 cm³/mol. The number of hydrogen-bond acceptors (Lipinski definition) is 3. The van der Waals surface area contributed by atoms with Crippen LogP contribution in [0.2, 0.25) is 0 Å². The number of aryl methyl sites for hydroxylation is 1. The number of hydrogen-bond donors (Lipinski definition) is 1. The normalized spacial score (nSPS) is 27.2. The molecule has 1 aliphatic carbocycles. The van der Waals surface area contributed by atoms with Gasteiger partial charge < -0.3 is 5.32 Å². The molecule has 0 bridgehead atoms. The van der Waals surface area contributed by atoms with Crippen LogP contribution in [0.1, 0.15) is 25.6 Å². The van der Waals surface area contributed by atoms with Crippen molar-refractivity contribution in [2.45, 2.75) is 32.4 Å². The summed E-state index contributed by atoms with van der Waals surface area (Å²) in [5.74, 6) is 1.79. The third-order valence-electron chi connectivity index (χ3n) is 2.57. The van der Waals surface area contributed by atoms with E-state index in [-0.39, 0.29) is 0 Å². The number of rotatable bonds is 3. The summed E-state index contributed by atoms with van der Waals surface area (Å²) in [7, 11) is 1.89. The zero-order valence-corrected chi connectivity index (χ0v) is 8.20. The van der Waals surface area contributed by atoms with Crippen LogP contribution in [0.4, 0.5) is 0 Å². The Balaban J connectivity index is 1.74. The Bertz CT molecular complexity index is 275. The topological polar surface area (TPSA) is 42.7 Å². The van der Waals surface area contributed by atoms with E-state index >= 15 is 0 Å². The quantitative estimate of drug-likeness (QED) is 0.744. The molecule has 1 saturated carbocycles. The van der Waals surface area contributed by atoms with Crippen molar-refractivity contribution in [2.75, 3.05) is 0 Å². The smallest absolute Gasteiger partial charge is 0.164 e. The summed E-state index contributed by atoms with van der Waals surface area (Å²) in [4.78, 5) is 4.15. The minimum Gasteiger partial charge on any atom is -0.307 e. The highest BCUT2D eigenvalue weighted by Crippen LogP contribution is 2.26. The zero-order chi connectivity index (χ0) is 9.26. The third-order valence-corrected chi connectivity index (χ3v) is 2.57. The van der Waals surface area contributed by atoms with Crippen LogP contribution in [0, 0.1) is 5.92 Å². The Morgan fingerprint density at radius 2 is 2.38 bits per heavy atom. The monoisotopic (exact) mass is 180 g/mol. The molecule has 1 aliphatic rings. The van der Waals surface area contributed by atoms with Crippen molar-refractivity contribution in [1.82, 2.24) is 20.1 Å². The van der Waals surface area contributed by atoms with Crippen LogP contribution in [0.3, 0.4) is 0 Å². The first kappa shape index (κ1) is 8.69. The molecule has 0 spiro atoms. The van der Waals surface area contributed by atoms with Gasteiger partial charge in [-0.15, -0.1) is 0 Å². The Morgan fingerprint density at radius 3 is 2.92 bits per heavy atom. The van der Waals surface area contributed by atoms with E-state index in [0.29, 0.717) is 6.04 Å². The molecule has 4 nitrogen and oxygen atoms in total. The Labute approximate surface area is 78.4 Å². The zero-order valence-electron chi connectivity index (χ0n) is 8.20. The van der Waals surface area contributed by atoms with Gasteiger partial charge >= 0.3 is 0 Å². The molecule has 2 rings (SSSR count). The molecule has 0 radical (unpaired) electrons. The van der Waals surface area contributed by atoms with Crippen LogP contribution in [-0.4, -0.2) is 20.8 Å². The molecular weight excluding hydrogens is 164 g/mol. The Kier molecular flexibility index (Phi) is 2.31. The van der Waals surface area contributed by atoms with E-state index in [0.717, 1.165) is 18.3 Å². The van der Waals surface area contributed by atoms with Crippen molar-refractivity contribution in [1.29, 1.82) is 0 Å². The largest absolute Gasteiger partial charge is 0.307 e. The Morgan fingerprint density at radius 1 is 1.62 bits per heavy atom. The van der Waals surface area contributed by atoms with E-state index < -0.39 is 0 Å². The van der Waals surface area contributed by atoms with E-state index in [1.165, 1.54) is 12.8 Å². The van der Waals surface area contributed by atoms with Crippen molar-refractivity contribution in [2.24, 2.45) is 13.0 Å². The Hall–Kier alpha value is -0.900. The van der Waals surface area contributed by atoms with Gasteiger partial charge in [0.15, 0.2) is 5.82 Å². The standard InChI is InChI=1S/C9H16N4/c1-7-3-8(4-7)10-5-9-11-6-13(2)12-9/h6-8,10H,3-5H2,1-2H3. The van der Waals surface area contributed by atoms with Gasteiger partial charge in [-0.2, -0.15) is 5.10 Å². The summed E-state index contributed by atoms with van der Waals surface area (Å²) in [6.07, 6.45) is 4.33. The average molecular weight is 180 g/mol. The molecule has 1 aromatic rings. The molecule has 0 aliphatic heterocycles. The van der Waals surface area contributed by atoms with Gasteiger partial charge in [0.2, 0.25) is 0 Å². The molecular formula is C9H16N4. The highest BCUT2D eigenvalue weighted by atomic mass is 15.3. The second-order valence-corrected chi connectivity index (χ2v) is 3.99. The lowest BCUT2D eigenvalue weighted by Gasteiger charge is -2.33. The van der Waals surface area contributed by atoms with Gasteiger partial charge in [0.1, 0.15) is 6.33 Å². The molecule has 1 N–H and O–H groups in total. The van der Waals surface area contributed by atoms with Crippen molar-refractivity contribution < 1.29 is 0 Å². The molecule has 1 heterocycles. The van der Waals surface area contributed by atoms with E-state index in [2.05, 4.69) is 22.3 Å². The third kappa shape index (κ3) is 2.06. The number of aromatic nitrogens is 3. The molecule has 0 aromatic carbocycles. The SMILES string of the molecule is CC1CC(NCc2ncn(C)n2)C1. The van der Waals surface area contributed by atoms with Crippen LogP contribution in [-0.2, 0) is 13.6 Å². The fourth-order valence-electron chi connectivity index (χ4n) is 1.77. The molecule has 0 saturated heterocycles. The van der Waals surface area contributed by atoms with E-state index in [9.17, 15) is 0 Å². The minimum absolute atomic E-state index is 0.693. The first-order valence-electron chi connectivity index (χ1n) is 4.82. The van der Waals surface area contributed by atoms with Crippen LogP contribution in [0.15, 0.2) is 6.33 Å². The summed E-state index contributed by atoms with van der Waals surface area (Å²) in [6, 6.07) is 0.693. The molecule has 1 fully saturated rings. The fourth-order valence-corrected chi connectivity index (χ4v) is 1.77. The van der Waals surface area contributed by atoms with Gasteiger partial charge in [-0.25, -0.2) is 4.98 Å². The molecule has 4 heteroatoms. The van der Waals surface area contributed by atoms with Crippen LogP contribution >= 0.6 is 0 Å². The lowest BCUT2D eigenvalue weighted by molar-refractivity contribution is 0.239. The molecule has 1 aromatic heterocycles. The molecule has 0 atom stereocenters. The summed E-state index contributed by atoms with van der Waals surface area (Å²) < 4.78 is 1.74. The van der Waals surface area contributed by atoms with Crippen molar-refractivity contribution in [3.63, 3.8) is 0 Å². The van der Waals surface area contributed by atoms with E-state index in [1.54, 1.807) is 11.0 Å². The van der Waals surface area contributed by atoms with E-state index in [1.807, 2.05) is 7.05 Å². The van der Waals surface area contributed by atoms with Gasteiger partial charge in [-0.3, -0.25) is 4.68 Å². The van der Waals surface area contributed by atoms with Crippen molar-refractivity contribution in [3.05, 3.63) is 12.2 Å². The van der Waals surface area contributed by atoms with Gasteiger partial charge in [-0.1, -0.05) is 6.92 Å². The van der Waals surface area contributed by atoms with E-state index in [4.69, 9.17) is 0 Å². The lowest BCUT2D eigenvalue weighted by atomic mass is 9.82. The number of nitrogens with one attached hydrogen (secondary N) is 1. The fraction of sp³-hybridized carbons (Fsp3) is 0.778. The molecule has 0 unspecified atom stereocenters. The molecule has 0 amide bonds. The second kappa shape index (κ2) is 3.46. The maximum absolute atomic E-state index is 4.20. The van der Waals surface area contributed by atoms with Crippen LogP contribution in [0.5, 0.6) is 0 Å². The van der Waals surface area contributed by atoms with Gasteiger partial charge in [0, 0.05) is 13.1 Å². The first-order chi connectivity index (χ1) is 6.24. The summed E-state index contributed by atoms with van der Waals surface area (Å²) in [6.45, 7) is 3.09. The van der Waals surface area contributed by atoms with Gasteiger partial charge in [-0.05, 0) is 18.8 Å². The lowest BCUT2D eigenvalue weighted by Crippen LogP contribution is -2.39. The summed E-state index contributed by atoms with van der Waals surface area (Å²) in [5.41, 5.74) is 0. The van der Waals surface area contributed by atoms with Gasteiger partial charge in [0.05, 0.1) is 6.54 Å². The maximum Gasteiger partial charge on any atom is 0.164 e. The van der Waals surface area contributed by atoms with Crippen LogP contribution < -0.4 is 5.32 Å². The average Bonchev–Trinajstić information content (AvgIpc) is 2.43. The predicted octanol–water partition coefficient (Wildman–Crippen LogP) is 0.703. The minimum atomic E-state index is 0.693. The maximum atomic E-state index is 4.20. The highest BCUT2D eigenvalue weighted by molar-refractivity contribution is 4.86. The van der Waals surface area contributed by atoms with Gasteiger partial charge in [0.25, 0.3) is 0 Å². The molecule has 72 valence electrons. The van der Waals surface area contributed by atoms with Crippen molar-refractivity contribution >= 4 is 0 Å². The number of nitrogens with zero attached hydrogens (tertiary/aromatic N) is 3. The highest BCUT2D eigenvalue weighted by Gasteiger charge is 2.24. The summed E-state index contributed by atoms with van der Waals surface area (Å²) in [5, 5.41) is 7.64. The van der Waals surface area contributed by atoms with Crippen molar-refractivity contribution in [3.8, 4) is 0 Å². The van der Waals surface area contributed by atoms with Crippen LogP contribution in [0.25, 0.3) is 0 Å². The molecule has 13 heavy (non-hydrogen) atoms. The second-order valence-electron chi connectivity index (χ2n) is 3.99.